The first-order valence-corrected chi connectivity index (χ1v) is 14.2. The maximum absolute atomic E-state index is 11.8. The molecule has 0 aromatic carbocycles. The average Bonchev–Trinajstić information content (AvgIpc) is 3.71. The monoisotopic (exact) mass is 541 g/mol. The molecule has 3 aromatic rings. The minimum absolute atomic E-state index is 0.224. The smallest absolute Gasteiger partial charge is 0.409 e. The van der Waals surface area contributed by atoms with Gasteiger partial charge in [0.25, 0.3) is 0 Å². The average molecular weight is 542 g/mol. The highest BCUT2D eigenvalue weighted by Gasteiger charge is 2.30. The molecule has 13 heteroatoms. The van der Waals surface area contributed by atoms with Gasteiger partial charge in [0.15, 0.2) is 4.83 Å². The van der Waals surface area contributed by atoms with Gasteiger partial charge in [0.1, 0.15) is 5.82 Å². The number of rotatable bonds is 6. The van der Waals surface area contributed by atoms with Gasteiger partial charge < -0.3 is 25.0 Å². The van der Waals surface area contributed by atoms with Crippen molar-refractivity contribution in [2.75, 3.05) is 57.1 Å². The van der Waals surface area contributed by atoms with Crippen LogP contribution >= 0.6 is 11.5 Å². The third-order valence-corrected chi connectivity index (χ3v) is 8.78. The first kappa shape index (κ1) is 25.3. The summed E-state index contributed by atoms with van der Waals surface area (Å²) < 4.78 is 16.9. The third kappa shape index (κ3) is 5.27. The van der Waals surface area contributed by atoms with E-state index in [1.54, 1.807) is 4.90 Å². The number of nitrogens with zero attached hydrogens (tertiary/aromatic N) is 7. The SMILES string of the molecule is COC(=O)N1CCN(C2CCC(Nc3nc(Nc4cnn([C@@H]5CCOC5)c4)nc4snc(C)c34)CC2)CC1. The summed E-state index contributed by atoms with van der Waals surface area (Å²) in [6.07, 6.45) is 8.95. The lowest BCUT2D eigenvalue weighted by Crippen LogP contribution is -2.53. The molecule has 0 unspecified atom stereocenters. The van der Waals surface area contributed by atoms with E-state index in [-0.39, 0.29) is 12.1 Å². The lowest BCUT2D eigenvalue weighted by molar-refractivity contribution is 0.0642. The van der Waals surface area contributed by atoms with Gasteiger partial charge in [-0.3, -0.25) is 9.58 Å². The zero-order chi connectivity index (χ0) is 26.1. The van der Waals surface area contributed by atoms with Gasteiger partial charge in [-0.1, -0.05) is 0 Å². The molecule has 204 valence electrons. The van der Waals surface area contributed by atoms with Gasteiger partial charge in [0.05, 0.1) is 42.7 Å². The predicted molar refractivity (Wildman–Crippen MR) is 145 cm³/mol. The number of hydrogen-bond acceptors (Lipinski definition) is 11. The number of aromatic nitrogens is 5. The van der Waals surface area contributed by atoms with E-state index in [4.69, 9.17) is 19.4 Å². The van der Waals surface area contributed by atoms with Crippen LogP contribution in [0, 0.1) is 6.92 Å². The van der Waals surface area contributed by atoms with Crippen LogP contribution in [0.1, 0.15) is 43.8 Å². The summed E-state index contributed by atoms with van der Waals surface area (Å²) >= 11 is 1.40. The molecule has 3 fully saturated rings. The van der Waals surface area contributed by atoms with Crippen molar-refractivity contribution in [2.45, 2.75) is 57.2 Å². The summed E-state index contributed by atoms with van der Waals surface area (Å²) in [7, 11) is 1.45. The van der Waals surface area contributed by atoms with Crippen LogP contribution < -0.4 is 10.6 Å². The van der Waals surface area contributed by atoms with Crippen LogP contribution in [0.15, 0.2) is 12.4 Å². The highest BCUT2D eigenvalue weighted by Crippen LogP contribution is 2.32. The van der Waals surface area contributed by atoms with Crippen LogP contribution in [0.3, 0.4) is 0 Å². The van der Waals surface area contributed by atoms with Crippen LogP contribution in [0.4, 0.5) is 22.2 Å². The van der Waals surface area contributed by atoms with Gasteiger partial charge in [0.2, 0.25) is 5.95 Å². The fourth-order valence-electron chi connectivity index (χ4n) is 5.79. The third-order valence-electron chi connectivity index (χ3n) is 7.95. The van der Waals surface area contributed by atoms with Gasteiger partial charge in [-0.05, 0) is 50.6 Å². The highest BCUT2D eigenvalue weighted by atomic mass is 32.1. The number of piperazine rings is 1. The number of amides is 1. The second kappa shape index (κ2) is 11.0. The lowest BCUT2D eigenvalue weighted by atomic mass is 9.89. The lowest BCUT2D eigenvalue weighted by Gasteiger charge is -2.41. The Hall–Kier alpha value is -3.03. The summed E-state index contributed by atoms with van der Waals surface area (Å²) in [5.74, 6) is 1.39. The van der Waals surface area contributed by atoms with Crippen molar-refractivity contribution in [3.05, 3.63) is 18.1 Å². The number of carbonyl (C=O) groups excluding carboxylic acids is 1. The molecule has 2 aliphatic heterocycles. The molecule has 12 nitrogen and oxygen atoms in total. The second-order valence-corrected chi connectivity index (χ2v) is 11.1. The van der Waals surface area contributed by atoms with Crippen LogP contribution in [-0.2, 0) is 9.47 Å². The summed E-state index contributed by atoms with van der Waals surface area (Å²) in [6.45, 7) is 6.77. The summed E-state index contributed by atoms with van der Waals surface area (Å²) in [5, 5.41) is 12.6. The predicted octanol–water partition coefficient (Wildman–Crippen LogP) is 3.40. The van der Waals surface area contributed by atoms with Crippen molar-refractivity contribution in [3.63, 3.8) is 0 Å². The van der Waals surface area contributed by atoms with Gasteiger partial charge in [-0.15, -0.1) is 0 Å². The summed E-state index contributed by atoms with van der Waals surface area (Å²) in [5.41, 5.74) is 1.81. The number of nitrogens with one attached hydrogen (secondary N) is 2. The van der Waals surface area contributed by atoms with Crippen molar-refractivity contribution in [2.24, 2.45) is 0 Å². The molecule has 1 saturated carbocycles. The molecule has 0 spiro atoms. The summed E-state index contributed by atoms with van der Waals surface area (Å²) in [6, 6.07) is 1.18. The van der Waals surface area contributed by atoms with Gasteiger partial charge >= 0.3 is 6.09 Å². The second-order valence-electron chi connectivity index (χ2n) is 10.3. The van der Waals surface area contributed by atoms with Gasteiger partial charge in [-0.25, -0.2) is 4.79 Å². The van der Waals surface area contributed by atoms with Crippen LogP contribution in [0.2, 0.25) is 0 Å². The Morgan fingerprint density at radius 2 is 1.92 bits per heavy atom. The van der Waals surface area contributed by atoms with E-state index < -0.39 is 0 Å². The van der Waals surface area contributed by atoms with E-state index in [0.29, 0.717) is 24.6 Å². The number of aryl methyl sites for hydroxylation is 1. The van der Waals surface area contributed by atoms with Crippen molar-refractivity contribution >= 4 is 45.3 Å². The Morgan fingerprint density at radius 1 is 1.11 bits per heavy atom. The number of carbonyl (C=O) groups is 1. The molecule has 6 rings (SSSR count). The molecular weight excluding hydrogens is 506 g/mol. The highest BCUT2D eigenvalue weighted by molar-refractivity contribution is 7.13. The number of anilines is 3. The zero-order valence-electron chi connectivity index (χ0n) is 21.9. The molecule has 5 heterocycles. The van der Waals surface area contributed by atoms with Crippen LogP contribution in [-0.4, -0.2) is 98.6 Å². The van der Waals surface area contributed by atoms with E-state index in [2.05, 4.69) is 25.0 Å². The zero-order valence-corrected chi connectivity index (χ0v) is 22.7. The molecule has 1 aliphatic carbocycles. The maximum atomic E-state index is 11.8. The molecule has 0 bridgehead atoms. The normalized spacial score (nSPS) is 24.6. The number of ether oxygens (including phenoxy) is 2. The Morgan fingerprint density at radius 3 is 2.66 bits per heavy atom. The van der Waals surface area contributed by atoms with E-state index in [9.17, 15) is 4.79 Å². The van der Waals surface area contributed by atoms with Gasteiger partial charge in [0, 0.05) is 51.1 Å². The topological polar surface area (TPSA) is 123 Å². The number of methoxy groups -OCH3 is 1. The standard InChI is InChI=1S/C25H35N9O3S/c1-16-21-22(27-17-3-5-19(6-4-17)32-8-10-33(11-9-32)25(35)36-2)29-24(30-23(21)38-31-16)28-18-13-26-34(14-18)20-7-12-37-15-20/h13-14,17,19-20H,3-12,15H2,1-2H3,(H2,27,28,29,30)/t17?,19?,20-/m1/s1. The molecule has 1 amide bonds. The molecule has 3 aromatic heterocycles. The summed E-state index contributed by atoms with van der Waals surface area (Å²) in [4.78, 5) is 26.6. The Balaban J connectivity index is 1.10. The number of fused-ring (bicyclic) bond motifs is 1. The molecule has 2 N–H and O–H groups in total. The first-order valence-electron chi connectivity index (χ1n) is 13.4. The minimum atomic E-state index is -0.224. The van der Waals surface area contributed by atoms with E-state index in [0.717, 1.165) is 92.3 Å². The molecule has 0 radical (unpaired) electrons. The minimum Gasteiger partial charge on any atom is -0.453 e. The van der Waals surface area contributed by atoms with Crippen molar-refractivity contribution < 1.29 is 14.3 Å². The van der Waals surface area contributed by atoms with Crippen molar-refractivity contribution in [1.82, 2.24) is 33.9 Å². The Bertz CT molecular complexity index is 1260. The molecule has 2 saturated heterocycles. The van der Waals surface area contributed by atoms with E-state index in [1.807, 2.05) is 24.0 Å². The largest absolute Gasteiger partial charge is 0.453 e. The quantitative estimate of drug-likeness (QED) is 0.480. The fourth-order valence-corrected chi connectivity index (χ4v) is 6.57. The Labute approximate surface area is 225 Å². The molecule has 3 aliphatic rings. The fraction of sp³-hybridized carbons (Fsp3) is 0.640. The van der Waals surface area contributed by atoms with E-state index in [1.165, 1.54) is 18.6 Å². The maximum Gasteiger partial charge on any atom is 0.409 e. The van der Waals surface area contributed by atoms with Crippen LogP contribution in [0.25, 0.3) is 10.2 Å². The van der Waals surface area contributed by atoms with E-state index >= 15 is 0 Å². The number of hydrogen-bond donors (Lipinski definition) is 2. The molecule has 38 heavy (non-hydrogen) atoms. The van der Waals surface area contributed by atoms with Crippen molar-refractivity contribution in [3.8, 4) is 0 Å². The van der Waals surface area contributed by atoms with Crippen LogP contribution in [0.5, 0.6) is 0 Å². The Kier molecular flexibility index (Phi) is 7.30. The first-order chi connectivity index (χ1) is 18.6. The molecular formula is C25H35N9O3S. The molecule has 1 atom stereocenters. The van der Waals surface area contributed by atoms with Crippen molar-refractivity contribution in [1.29, 1.82) is 0 Å². The van der Waals surface area contributed by atoms with Gasteiger partial charge in [-0.2, -0.15) is 19.4 Å².